The minimum Gasteiger partial charge on any atom is -0.507 e. The number of halogens is 1. The molecule has 2 aromatic rings. The van der Waals surface area contributed by atoms with Gasteiger partial charge in [-0.1, -0.05) is 11.6 Å². The highest BCUT2D eigenvalue weighted by molar-refractivity contribution is 6.31. The minimum absolute atomic E-state index is 0.0222. The molecule has 0 aliphatic heterocycles. The van der Waals surface area contributed by atoms with Crippen LogP contribution in [0.25, 0.3) is 0 Å². The van der Waals surface area contributed by atoms with Crippen molar-refractivity contribution >= 4 is 23.2 Å². The number of carbonyl (C=O) groups excluding carboxylic acids is 1. The van der Waals surface area contributed by atoms with Crippen LogP contribution in [0.5, 0.6) is 11.5 Å². The zero-order chi connectivity index (χ0) is 17.5. The summed E-state index contributed by atoms with van der Waals surface area (Å²) >= 11 is 5.81. The zero-order valence-electron chi connectivity index (χ0n) is 12.8. The summed E-state index contributed by atoms with van der Waals surface area (Å²) in [5, 5.41) is 22.5. The third-order valence-corrected chi connectivity index (χ3v) is 3.34. The predicted octanol–water partition coefficient (Wildman–Crippen LogP) is 3.10. The second-order valence-electron chi connectivity index (χ2n) is 4.77. The van der Waals surface area contributed by atoms with Gasteiger partial charge in [0.25, 0.3) is 5.91 Å². The fraction of sp³-hybridized carbons (Fsp3) is 0.118. The Labute approximate surface area is 143 Å². The summed E-state index contributed by atoms with van der Waals surface area (Å²) in [5.41, 5.74) is 3.75. The Hall–Kier alpha value is -3.04. The molecule has 0 saturated heterocycles. The Kier molecular flexibility index (Phi) is 5.77. The van der Waals surface area contributed by atoms with Crippen molar-refractivity contribution in [2.45, 2.75) is 6.92 Å². The molecule has 0 spiro atoms. The van der Waals surface area contributed by atoms with Crippen molar-refractivity contribution in [3.05, 3.63) is 58.6 Å². The standard InChI is InChI=1S/C17H14ClN3O3/c1-11(12-2-5-14(6-3-12)24-9-8-19)20-21-17(23)15-10-13(18)4-7-16(15)22/h2-7,10,22H,9H2,1H3,(H,21,23)/b20-11-. The van der Waals surface area contributed by atoms with Crippen molar-refractivity contribution in [1.82, 2.24) is 5.43 Å². The van der Waals surface area contributed by atoms with Gasteiger partial charge in [-0.2, -0.15) is 10.4 Å². The molecule has 6 nitrogen and oxygen atoms in total. The number of carbonyl (C=O) groups is 1. The molecule has 7 heteroatoms. The fourth-order valence-electron chi connectivity index (χ4n) is 1.86. The van der Waals surface area contributed by atoms with Crippen molar-refractivity contribution < 1.29 is 14.6 Å². The number of hydrogen-bond acceptors (Lipinski definition) is 5. The van der Waals surface area contributed by atoms with Crippen LogP contribution in [0.1, 0.15) is 22.8 Å². The Morgan fingerprint density at radius 2 is 2.04 bits per heavy atom. The smallest absolute Gasteiger partial charge is 0.275 e. The van der Waals surface area contributed by atoms with Crippen LogP contribution in [0.15, 0.2) is 47.6 Å². The lowest BCUT2D eigenvalue weighted by Crippen LogP contribution is -2.19. The van der Waals surface area contributed by atoms with E-state index in [-0.39, 0.29) is 17.9 Å². The Bertz CT molecular complexity index is 811. The number of nitrogens with one attached hydrogen (secondary N) is 1. The van der Waals surface area contributed by atoms with Crippen LogP contribution in [0.3, 0.4) is 0 Å². The number of rotatable bonds is 5. The van der Waals surface area contributed by atoms with Crippen LogP contribution in [-0.2, 0) is 0 Å². The molecule has 1 amide bonds. The topological polar surface area (TPSA) is 94.7 Å². The molecule has 0 aliphatic carbocycles. The first-order chi connectivity index (χ1) is 11.5. The van der Waals surface area contributed by atoms with Gasteiger partial charge in [-0.05, 0) is 55.0 Å². The van der Waals surface area contributed by atoms with Crippen molar-refractivity contribution in [2.75, 3.05) is 6.61 Å². The number of phenols is 1. The predicted molar refractivity (Wildman–Crippen MR) is 90.3 cm³/mol. The number of aromatic hydroxyl groups is 1. The summed E-state index contributed by atoms with van der Waals surface area (Å²) in [6.45, 7) is 1.70. The largest absolute Gasteiger partial charge is 0.507 e. The van der Waals surface area contributed by atoms with E-state index in [1.807, 2.05) is 6.07 Å². The van der Waals surface area contributed by atoms with E-state index in [1.54, 1.807) is 31.2 Å². The molecule has 0 bridgehead atoms. The number of nitriles is 1. The Morgan fingerprint density at radius 1 is 1.33 bits per heavy atom. The van der Waals surface area contributed by atoms with Gasteiger partial charge in [-0.25, -0.2) is 5.43 Å². The van der Waals surface area contributed by atoms with E-state index in [9.17, 15) is 9.90 Å². The highest BCUT2D eigenvalue weighted by atomic mass is 35.5. The zero-order valence-corrected chi connectivity index (χ0v) is 13.5. The van der Waals surface area contributed by atoms with Gasteiger partial charge in [0.2, 0.25) is 0 Å². The van der Waals surface area contributed by atoms with Gasteiger partial charge in [0.1, 0.15) is 17.6 Å². The van der Waals surface area contributed by atoms with E-state index in [1.165, 1.54) is 18.2 Å². The lowest BCUT2D eigenvalue weighted by atomic mass is 10.1. The van der Waals surface area contributed by atoms with Crippen LogP contribution in [0, 0.1) is 11.3 Å². The molecule has 122 valence electrons. The van der Waals surface area contributed by atoms with Gasteiger partial charge in [0.15, 0.2) is 6.61 Å². The first kappa shape index (κ1) is 17.3. The van der Waals surface area contributed by atoms with Crippen LogP contribution < -0.4 is 10.2 Å². The van der Waals surface area contributed by atoms with Crippen LogP contribution in [-0.4, -0.2) is 23.3 Å². The molecule has 0 aliphatic rings. The van der Waals surface area contributed by atoms with Gasteiger partial charge >= 0.3 is 0 Å². The summed E-state index contributed by atoms with van der Waals surface area (Å²) in [4.78, 5) is 12.0. The van der Waals surface area contributed by atoms with Gasteiger partial charge in [-0.15, -0.1) is 0 Å². The van der Waals surface area contributed by atoms with Crippen LogP contribution in [0.4, 0.5) is 0 Å². The second kappa shape index (κ2) is 7.99. The molecule has 2 N–H and O–H groups in total. The molecule has 24 heavy (non-hydrogen) atoms. The van der Waals surface area contributed by atoms with E-state index >= 15 is 0 Å². The van der Waals surface area contributed by atoms with Gasteiger partial charge in [-0.3, -0.25) is 4.79 Å². The number of nitrogens with zero attached hydrogens (tertiary/aromatic N) is 2. The monoisotopic (exact) mass is 343 g/mol. The Morgan fingerprint density at radius 3 is 2.71 bits per heavy atom. The SMILES string of the molecule is C/C(=N/NC(=O)c1cc(Cl)ccc1O)c1ccc(OCC#N)cc1. The maximum atomic E-state index is 12.0. The maximum Gasteiger partial charge on any atom is 0.275 e. The molecule has 2 aromatic carbocycles. The van der Waals surface area contributed by atoms with Crippen molar-refractivity contribution in [2.24, 2.45) is 5.10 Å². The van der Waals surface area contributed by atoms with Gasteiger partial charge in [0, 0.05) is 5.02 Å². The van der Waals surface area contributed by atoms with Crippen LogP contribution >= 0.6 is 11.6 Å². The molecule has 0 atom stereocenters. The lowest BCUT2D eigenvalue weighted by molar-refractivity contribution is 0.0952. The lowest BCUT2D eigenvalue weighted by Gasteiger charge is -2.06. The highest BCUT2D eigenvalue weighted by Crippen LogP contribution is 2.21. The maximum absolute atomic E-state index is 12.0. The number of phenolic OH excluding ortho intramolecular Hbond substituents is 1. The highest BCUT2D eigenvalue weighted by Gasteiger charge is 2.11. The summed E-state index contributed by atoms with van der Waals surface area (Å²) in [7, 11) is 0. The minimum atomic E-state index is -0.566. The molecule has 0 radical (unpaired) electrons. The first-order valence-corrected chi connectivity index (χ1v) is 7.32. The molecule has 2 rings (SSSR count). The number of benzene rings is 2. The molecule has 0 saturated carbocycles. The van der Waals surface area contributed by atoms with E-state index in [0.29, 0.717) is 16.5 Å². The summed E-state index contributed by atoms with van der Waals surface area (Å²) in [6.07, 6.45) is 0. The third-order valence-electron chi connectivity index (χ3n) is 3.10. The summed E-state index contributed by atoms with van der Waals surface area (Å²) in [6, 6.07) is 13.0. The van der Waals surface area contributed by atoms with Crippen molar-refractivity contribution in [1.29, 1.82) is 5.26 Å². The number of amides is 1. The van der Waals surface area contributed by atoms with Gasteiger partial charge < -0.3 is 9.84 Å². The van der Waals surface area contributed by atoms with Crippen molar-refractivity contribution in [3.8, 4) is 17.6 Å². The molecular formula is C17H14ClN3O3. The average molecular weight is 344 g/mol. The first-order valence-electron chi connectivity index (χ1n) is 6.94. The van der Waals surface area contributed by atoms with E-state index in [4.69, 9.17) is 21.6 Å². The molecule has 0 aromatic heterocycles. The molecular weight excluding hydrogens is 330 g/mol. The van der Waals surface area contributed by atoms with E-state index in [2.05, 4.69) is 10.5 Å². The molecule has 0 fully saturated rings. The second-order valence-corrected chi connectivity index (χ2v) is 5.21. The fourth-order valence-corrected chi connectivity index (χ4v) is 2.03. The number of ether oxygens (including phenoxy) is 1. The third kappa shape index (κ3) is 4.48. The number of hydrazone groups is 1. The van der Waals surface area contributed by atoms with Crippen LogP contribution in [0.2, 0.25) is 5.02 Å². The Balaban J connectivity index is 2.07. The summed E-state index contributed by atoms with van der Waals surface area (Å²) in [5.74, 6) is -0.173. The van der Waals surface area contributed by atoms with Crippen molar-refractivity contribution in [3.63, 3.8) is 0 Å². The normalized spacial score (nSPS) is 10.8. The molecule has 0 unspecified atom stereocenters. The van der Waals surface area contributed by atoms with E-state index < -0.39 is 5.91 Å². The van der Waals surface area contributed by atoms with Gasteiger partial charge in [0.05, 0.1) is 11.3 Å². The quantitative estimate of drug-likeness (QED) is 0.644. The molecule has 0 heterocycles. The summed E-state index contributed by atoms with van der Waals surface area (Å²) < 4.78 is 5.16. The van der Waals surface area contributed by atoms with E-state index in [0.717, 1.165) is 5.56 Å². The average Bonchev–Trinajstić information content (AvgIpc) is 2.60. The number of hydrogen-bond donors (Lipinski definition) is 2.